The molecule has 5 nitrogen and oxygen atoms in total. The summed E-state index contributed by atoms with van der Waals surface area (Å²) >= 11 is 0. The number of carbonyl (C=O) groups excluding carboxylic acids is 1. The van der Waals surface area contributed by atoms with E-state index in [2.05, 4.69) is 24.3 Å². The topological polar surface area (TPSA) is 62.6 Å². The fourth-order valence-corrected chi connectivity index (χ4v) is 3.52. The van der Waals surface area contributed by atoms with Crippen molar-refractivity contribution in [3.63, 3.8) is 0 Å². The molecule has 0 N–H and O–H groups in total. The van der Waals surface area contributed by atoms with Gasteiger partial charge in [-0.15, -0.1) is 0 Å². The Kier molecular flexibility index (Phi) is 6.07. The van der Waals surface area contributed by atoms with Gasteiger partial charge in [-0.2, -0.15) is 5.26 Å². The number of rotatable bonds is 5. The first-order valence-electron chi connectivity index (χ1n) is 9.93. The monoisotopic (exact) mass is 398 g/mol. The molecule has 5 heteroatoms. The zero-order chi connectivity index (χ0) is 20.8. The van der Waals surface area contributed by atoms with Crippen LogP contribution < -0.4 is 4.74 Å². The van der Waals surface area contributed by atoms with Gasteiger partial charge in [0, 0.05) is 13.1 Å². The molecule has 1 saturated heterocycles. The molecule has 0 aliphatic carbocycles. The Labute approximate surface area is 175 Å². The predicted molar refractivity (Wildman–Crippen MR) is 116 cm³/mol. The fourth-order valence-electron chi connectivity index (χ4n) is 3.52. The Balaban J connectivity index is 1.50. The van der Waals surface area contributed by atoms with Gasteiger partial charge in [0.1, 0.15) is 24.0 Å². The second-order valence-electron chi connectivity index (χ2n) is 7.07. The molecule has 1 heterocycles. The van der Waals surface area contributed by atoms with E-state index in [1.165, 1.54) is 10.8 Å². The van der Waals surface area contributed by atoms with Crippen LogP contribution in [0.15, 0.2) is 72.3 Å². The maximum absolute atomic E-state index is 12.6. The van der Waals surface area contributed by atoms with Crippen LogP contribution in [0.4, 0.5) is 0 Å². The van der Waals surface area contributed by atoms with Gasteiger partial charge >= 0.3 is 0 Å². The number of nitrogens with zero attached hydrogens (tertiary/aromatic N) is 2. The van der Waals surface area contributed by atoms with E-state index in [9.17, 15) is 10.1 Å². The number of benzene rings is 3. The molecule has 1 fully saturated rings. The maximum atomic E-state index is 12.6. The summed E-state index contributed by atoms with van der Waals surface area (Å²) in [7, 11) is 0. The summed E-state index contributed by atoms with van der Waals surface area (Å²) in [4.78, 5) is 14.3. The lowest BCUT2D eigenvalue weighted by atomic mass is 10.1. The standard InChI is InChI=1S/C25H22N2O3/c26-17-22(25(28)27-11-13-29-14-12-27)15-19-5-3-9-23(16-19)30-18-21-8-4-7-20-6-1-2-10-24(20)21/h1-10,15-16H,11-14,18H2/b22-15+. The van der Waals surface area contributed by atoms with E-state index in [-0.39, 0.29) is 11.5 Å². The van der Waals surface area contributed by atoms with Gasteiger partial charge in [0.05, 0.1) is 13.2 Å². The van der Waals surface area contributed by atoms with Crippen molar-refractivity contribution in [3.05, 3.63) is 83.4 Å². The van der Waals surface area contributed by atoms with Crippen LogP contribution in [0.2, 0.25) is 0 Å². The van der Waals surface area contributed by atoms with Crippen LogP contribution in [0.5, 0.6) is 5.75 Å². The number of ether oxygens (including phenoxy) is 2. The summed E-state index contributed by atoms with van der Waals surface area (Å²) in [6.45, 7) is 2.45. The van der Waals surface area contributed by atoms with Crippen LogP contribution >= 0.6 is 0 Å². The van der Waals surface area contributed by atoms with Crippen molar-refractivity contribution in [2.45, 2.75) is 6.61 Å². The SMILES string of the molecule is N#C/C(=C\c1cccc(OCc2cccc3ccccc23)c1)C(=O)N1CCOCC1. The predicted octanol–water partition coefficient (Wildman–Crippen LogP) is 4.18. The van der Waals surface area contributed by atoms with E-state index in [4.69, 9.17) is 9.47 Å². The highest BCUT2D eigenvalue weighted by Gasteiger charge is 2.20. The average Bonchev–Trinajstić information content (AvgIpc) is 2.81. The van der Waals surface area contributed by atoms with E-state index >= 15 is 0 Å². The Morgan fingerprint density at radius 2 is 1.83 bits per heavy atom. The van der Waals surface area contributed by atoms with E-state index < -0.39 is 0 Å². The highest BCUT2D eigenvalue weighted by Crippen LogP contribution is 2.22. The average molecular weight is 398 g/mol. The summed E-state index contributed by atoms with van der Waals surface area (Å²) in [6, 6.07) is 23.8. The minimum atomic E-state index is -0.261. The molecule has 0 aromatic heterocycles. The van der Waals surface area contributed by atoms with E-state index in [0.29, 0.717) is 38.7 Å². The molecule has 0 unspecified atom stereocenters. The number of nitriles is 1. The van der Waals surface area contributed by atoms with Crippen molar-refractivity contribution in [1.29, 1.82) is 5.26 Å². The Morgan fingerprint density at radius 3 is 2.67 bits per heavy atom. The maximum Gasteiger partial charge on any atom is 0.264 e. The van der Waals surface area contributed by atoms with Crippen molar-refractivity contribution in [2.75, 3.05) is 26.3 Å². The third kappa shape index (κ3) is 4.51. The van der Waals surface area contributed by atoms with Crippen LogP contribution in [0.3, 0.4) is 0 Å². The number of fused-ring (bicyclic) bond motifs is 1. The Hall–Kier alpha value is -3.62. The first-order chi connectivity index (χ1) is 14.7. The Morgan fingerprint density at radius 1 is 1.07 bits per heavy atom. The van der Waals surface area contributed by atoms with Gasteiger partial charge in [0.2, 0.25) is 0 Å². The van der Waals surface area contributed by atoms with Gasteiger partial charge < -0.3 is 14.4 Å². The van der Waals surface area contributed by atoms with Gasteiger partial charge in [0.15, 0.2) is 0 Å². The minimum absolute atomic E-state index is 0.114. The van der Waals surface area contributed by atoms with Crippen molar-refractivity contribution in [3.8, 4) is 11.8 Å². The summed E-state index contributed by atoms with van der Waals surface area (Å²) in [5, 5.41) is 11.8. The van der Waals surface area contributed by atoms with Gasteiger partial charge in [-0.25, -0.2) is 0 Å². The molecule has 150 valence electrons. The van der Waals surface area contributed by atoms with Crippen LogP contribution in [0, 0.1) is 11.3 Å². The molecule has 30 heavy (non-hydrogen) atoms. The highest BCUT2D eigenvalue weighted by atomic mass is 16.5. The normalized spacial score (nSPS) is 14.4. The molecule has 0 atom stereocenters. The van der Waals surface area contributed by atoms with E-state index in [1.54, 1.807) is 11.0 Å². The van der Waals surface area contributed by atoms with Gasteiger partial charge in [-0.05, 0) is 40.1 Å². The molecule has 0 spiro atoms. The number of amides is 1. The molecule has 4 rings (SSSR count). The zero-order valence-corrected chi connectivity index (χ0v) is 16.6. The lowest BCUT2D eigenvalue weighted by Gasteiger charge is -2.26. The molecule has 1 aliphatic heterocycles. The largest absolute Gasteiger partial charge is 0.489 e. The van der Waals surface area contributed by atoms with E-state index in [1.807, 2.05) is 48.5 Å². The molecular formula is C25H22N2O3. The number of hydrogen-bond acceptors (Lipinski definition) is 4. The van der Waals surface area contributed by atoms with Crippen molar-refractivity contribution in [2.24, 2.45) is 0 Å². The van der Waals surface area contributed by atoms with Gasteiger partial charge in [0.25, 0.3) is 5.91 Å². The smallest absolute Gasteiger partial charge is 0.264 e. The van der Waals surface area contributed by atoms with Crippen LogP contribution in [-0.2, 0) is 16.1 Å². The third-order valence-electron chi connectivity index (χ3n) is 5.09. The van der Waals surface area contributed by atoms with Crippen LogP contribution in [0.1, 0.15) is 11.1 Å². The number of carbonyl (C=O) groups is 1. The molecular weight excluding hydrogens is 376 g/mol. The Bertz CT molecular complexity index is 1120. The molecule has 0 radical (unpaired) electrons. The summed E-state index contributed by atoms with van der Waals surface area (Å²) in [5.74, 6) is 0.427. The molecule has 3 aromatic rings. The minimum Gasteiger partial charge on any atom is -0.489 e. The van der Waals surface area contributed by atoms with E-state index in [0.717, 1.165) is 11.1 Å². The third-order valence-corrected chi connectivity index (χ3v) is 5.09. The fraction of sp³-hybridized carbons (Fsp3) is 0.200. The summed E-state index contributed by atoms with van der Waals surface area (Å²) in [6.07, 6.45) is 1.61. The molecule has 3 aromatic carbocycles. The first-order valence-corrected chi connectivity index (χ1v) is 9.93. The van der Waals surface area contributed by atoms with Gasteiger partial charge in [-0.1, -0.05) is 54.6 Å². The molecule has 1 amide bonds. The highest BCUT2D eigenvalue weighted by molar-refractivity contribution is 6.01. The van der Waals surface area contributed by atoms with Gasteiger partial charge in [-0.3, -0.25) is 4.79 Å². The lowest BCUT2D eigenvalue weighted by Crippen LogP contribution is -2.41. The second-order valence-corrected chi connectivity index (χ2v) is 7.07. The molecule has 0 bridgehead atoms. The quantitative estimate of drug-likeness (QED) is 0.478. The molecule has 1 aliphatic rings. The lowest BCUT2D eigenvalue weighted by molar-refractivity contribution is -0.130. The van der Waals surface area contributed by atoms with Crippen LogP contribution in [0.25, 0.3) is 16.8 Å². The number of morpholine rings is 1. The number of hydrogen-bond donors (Lipinski definition) is 0. The van der Waals surface area contributed by atoms with Crippen molar-refractivity contribution >= 4 is 22.8 Å². The second kappa shape index (κ2) is 9.25. The molecule has 0 saturated carbocycles. The summed E-state index contributed by atoms with van der Waals surface area (Å²) in [5.41, 5.74) is 1.97. The first kappa shape index (κ1) is 19.7. The summed E-state index contributed by atoms with van der Waals surface area (Å²) < 4.78 is 11.3. The van der Waals surface area contributed by atoms with Crippen molar-refractivity contribution < 1.29 is 14.3 Å². The van der Waals surface area contributed by atoms with Crippen LogP contribution in [-0.4, -0.2) is 37.1 Å². The zero-order valence-electron chi connectivity index (χ0n) is 16.6. The van der Waals surface area contributed by atoms with Crippen molar-refractivity contribution in [1.82, 2.24) is 4.90 Å².